The summed E-state index contributed by atoms with van der Waals surface area (Å²) in [5.74, 6) is 1.39. The molecule has 0 aliphatic rings. The van der Waals surface area contributed by atoms with Crippen molar-refractivity contribution in [3.05, 3.63) is 82.3 Å². The molecule has 0 radical (unpaired) electrons. The Morgan fingerprint density at radius 1 is 1.05 bits per heavy atom. The van der Waals surface area contributed by atoms with Gasteiger partial charge in [-0.05, 0) is 60.7 Å². The lowest BCUT2D eigenvalue weighted by molar-refractivity contribution is -0.131. The van der Waals surface area contributed by atoms with Crippen molar-refractivity contribution in [3.8, 4) is 40.5 Å². The maximum Gasteiger partial charge on any atom is 0.342 e. The van der Waals surface area contributed by atoms with Crippen LogP contribution in [0.15, 0.2) is 70.7 Å². The second kappa shape index (κ2) is 13.2. The molecule has 2 N–H and O–H groups in total. The number of carboxylic acids is 1. The molecule has 1 heterocycles. The molecule has 0 bridgehead atoms. The summed E-state index contributed by atoms with van der Waals surface area (Å²) in [6, 6.07) is 19.7. The van der Waals surface area contributed by atoms with Crippen LogP contribution in [-0.2, 0) is 11.4 Å². The number of hydrogen-bond donors (Lipinski definition) is 2. The molecule has 3 aromatic carbocycles. The average Bonchev–Trinajstić information content (AvgIpc) is 3.45. The number of nitrogens with zero attached hydrogens (tertiary/aromatic N) is 3. The van der Waals surface area contributed by atoms with E-state index in [1.54, 1.807) is 62.8 Å². The number of nitrogens with one attached hydrogen (secondary N) is 1. The number of hydrogen-bond acceptors (Lipinski definition) is 9. The number of ether oxygens (including phenoxy) is 4. The van der Waals surface area contributed by atoms with Gasteiger partial charge in [-0.15, -0.1) is 5.10 Å². The van der Waals surface area contributed by atoms with Crippen LogP contribution in [0.3, 0.4) is 0 Å². The molecule has 40 heavy (non-hydrogen) atoms. The monoisotopic (exact) mass is 558 g/mol. The molecule has 0 saturated heterocycles. The number of carbonyl (C=O) groups is 1. The second-order valence-corrected chi connectivity index (χ2v) is 9.19. The fourth-order valence-electron chi connectivity index (χ4n) is 3.66. The van der Waals surface area contributed by atoms with Crippen LogP contribution in [0.2, 0.25) is 0 Å². The maximum absolute atomic E-state index is 12.1. The lowest BCUT2D eigenvalue weighted by atomic mass is 10.1. The third-order valence-corrected chi connectivity index (χ3v) is 6.47. The lowest BCUT2D eigenvalue weighted by Crippen LogP contribution is -2.02. The van der Waals surface area contributed by atoms with Crippen LogP contribution in [0.4, 0.5) is 0 Å². The average molecular weight is 559 g/mol. The van der Waals surface area contributed by atoms with Gasteiger partial charge in [0, 0.05) is 17.2 Å². The minimum absolute atomic E-state index is 0.00726. The van der Waals surface area contributed by atoms with Gasteiger partial charge < -0.3 is 24.1 Å². The zero-order valence-corrected chi connectivity index (χ0v) is 22.8. The van der Waals surface area contributed by atoms with E-state index in [4.69, 9.17) is 18.9 Å². The van der Waals surface area contributed by atoms with Crippen LogP contribution in [0.25, 0.3) is 17.5 Å². The molecule has 10 nitrogen and oxygen atoms in total. The van der Waals surface area contributed by atoms with Crippen molar-refractivity contribution < 1.29 is 28.8 Å². The highest BCUT2D eigenvalue weighted by molar-refractivity contribution is 8.04. The van der Waals surface area contributed by atoms with Crippen LogP contribution < -0.4 is 18.9 Å². The standard InChI is InChI=1S/C29H26N4O6S/c1-4-38-25-11-18(9-10-24(25)39-17-20-8-6-5-7-19(20)16-30)12-26(28(34)35)40-29-31-27(32-33-29)21-13-22(36-2)15-23(14-21)37-3/h5-15H,4,17H2,1-3H3,(H,34,35)(H,31,32,33)/b26-12-. The van der Waals surface area contributed by atoms with Gasteiger partial charge in [0.15, 0.2) is 17.3 Å². The summed E-state index contributed by atoms with van der Waals surface area (Å²) < 4.78 is 22.3. The molecule has 0 fully saturated rings. The van der Waals surface area contributed by atoms with E-state index in [1.165, 1.54) is 6.08 Å². The predicted octanol–water partition coefficient (Wildman–Crippen LogP) is 5.56. The van der Waals surface area contributed by atoms with E-state index in [9.17, 15) is 15.2 Å². The number of benzene rings is 3. The molecule has 0 amide bonds. The van der Waals surface area contributed by atoms with Crippen molar-refractivity contribution >= 4 is 23.8 Å². The molecule has 0 aliphatic carbocycles. The fraction of sp³-hybridized carbons (Fsp3) is 0.172. The Bertz CT molecular complexity index is 1550. The summed E-state index contributed by atoms with van der Waals surface area (Å²) in [7, 11) is 3.10. The van der Waals surface area contributed by atoms with E-state index in [2.05, 4.69) is 21.3 Å². The molecule has 204 valence electrons. The third kappa shape index (κ3) is 6.92. The Kier molecular flexibility index (Phi) is 9.27. The molecule has 4 aromatic rings. The van der Waals surface area contributed by atoms with Gasteiger partial charge >= 0.3 is 5.97 Å². The summed E-state index contributed by atoms with van der Waals surface area (Å²) >= 11 is 0.905. The molecular formula is C29H26N4O6S. The number of aliphatic carboxylic acids is 1. The largest absolute Gasteiger partial charge is 0.497 e. The summed E-state index contributed by atoms with van der Waals surface area (Å²) in [5, 5.41) is 26.4. The van der Waals surface area contributed by atoms with Gasteiger partial charge in [0.2, 0.25) is 5.16 Å². The maximum atomic E-state index is 12.1. The van der Waals surface area contributed by atoms with Gasteiger partial charge in [0.25, 0.3) is 0 Å². The molecule has 0 saturated carbocycles. The number of aromatic nitrogens is 3. The highest BCUT2D eigenvalue weighted by Gasteiger charge is 2.16. The minimum atomic E-state index is -1.13. The zero-order chi connectivity index (χ0) is 28.5. The van der Waals surface area contributed by atoms with Crippen LogP contribution >= 0.6 is 11.8 Å². The number of H-pyrrole nitrogens is 1. The Hall–Kier alpha value is -4.95. The number of methoxy groups -OCH3 is 2. The first-order valence-corrected chi connectivity index (χ1v) is 12.9. The normalized spacial score (nSPS) is 11.0. The molecule has 0 spiro atoms. The SMILES string of the molecule is CCOc1cc(/C=C(\Sc2n[nH]c(-c3cc(OC)cc(OC)c3)n2)C(=O)O)ccc1OCc1ccccc1C#N. The quantitative estimate of drug-likeness (QED) is 0.168. The first-order chi connectivity index (χ1) is 19.4. The van der Waals surface area contributed by atoms with Crippen molar-refractivity contribution in [3.63, 3.8) is 0 Å². The smallest absolute Gasteiger partial charge is 0.342 e. The molecular weight excluding hydrogens is 532 g/mol. The molecule has 11 heteroatoms. The number of thioether (sulfide) groups is 1. The van der Waals surface area contributed by atoms with E-state index in [1.807, 2.05) is 19.1 Å². The van der Waals surface area contributed by atoms with E-state index < -0.39 is 5.97 Å². The topological polar surface area (TPSA) is 140 Å². The van der Waals surface area contributed by atoms with Gasteiger partial charge in [-0.3, -0.25) is 5.10 Å². The third-order valence-electron chi connectivity index (χ3n) is 5.59. The lowest BCUT2D eigenvalue weighted by Gasteiger charge is -2.13. The van der Waals surface area contributed by atoms with Crippen molar-refractivity contribution in [2.24, 2.45) is 0 Å². The Labute approximate surface area is 235 Å². The van der Waals surface area contributed by atoms with Gasteiger partial charge in [-0.1, -0.05) is 24.3 Å². The predicted molar refractivity (Wildman–Crippen MR) is 149 cm³/mol. The second-order valence-electron chi connectivity index (χ2n) is 8.18. The van der Waals surface area contributed by atoms with Crippen molar-refractivity contribution in [1.29, 1.82) is 5.26 Å². The Morgan fingerprint density at radius 3 is 2.48 bits per heavy atom. The highest BCUT2D eigenvalue weighted by atomic mass is 32.2. The molecule has 4 rings (SSSR count). The van der Waals surface area contributed by atoms with Crippen LogP contribution in [0.5, 0.6) is 23.0 Å². The molecule has 0 aliphatic heterocycles. The summed E-state index contributed by atoms with van der Waals surface area (Å²) in [6.45, 7) is 2.41. The highest BCUT2D eigenvalue weighted by Crippen LogP contribution is 2.34. The van der Waals surface area contributed by atoms with Crippen molar-refractivity contribution in [2.45, 2.75) is 18.7 Å². The number of aromatic amines is 1. The summed E-state index contributed by atoms with van der Waals surface area (Å²) in [6.07, 6.45) is 1.51. The molecule has 0 atom stereocenters. The summed E-state index contributed by atoms with van der Waals surface area (Å²) in [4.78, 5) is 16.5. The zero-order valence-electron chi connectivity index (χ0n) is 22.0. The van der Waals surface area contributed by atoms with E-state index in [0.29, 0.717) is 52.1 Å². The van der Waals surface area contributed by atoms with Crippen molar-refractivity contribution in [1.82, 2.24) is 15.2 Å². The molecule has 1 aromatic heterocycles. The number of carboxylic acid groups (broad SMARTS) is 1. The van der Waals surface area contributed by atoms with Gasteiger partial charge in [-0.25, -0.2) is 9.78 Å². The van der Waals surface area contributed by atoms with Crippen LogP contribution in [-0.4, -0.2) is 47.1 Å². The number of rotatable bonds is 12. The van der Waals surface area contributed by atoms with Crippen molar-refractivity contribution in [2.75, 3.05) is 20.8 Å². The minimum Gasteiger partial charge on any atom is -0.497 e. The van der Waals surface area contributed by atoms with Gasteiger partial charge in [0.1, 0.15) is 23.0 Å². The molecule has 0 unspecified atom stereocenters. The first-order valence-electron chi connectivity index (χ1n) is 12.1. The van der Waals surface area contributed by atoms with Gasteiger partial charge in [-0.2, -0.15) is 5.26 Å². The summed E-state index contributed by atoms with van der Waals surface area (Å²) in [5.41, 5.74) is 2.54. The van der Waals surface area contributed by atoms with E-state index in [-0.39, 0.29) is 16.7 Å². The first kappa shape index (κ1) is 28.1. The Morgan fingerprint density at radius 2 is 1.80 bits per heavy atom. The van der Waals surface area contributed by atoms with Gasteiger partial charge in [0.05, 0.1) is 32.5 Å². The van der Waals surface area contributed by atoms with E-state index >= 15 is 0 Å². The Balaban J connectivity index is 1.55. The van der Waals surface area contributed by atoms with Crippen LogP contribution in [0.1, 0.15) is 23.6 Å². The van der Waals surface area contributed by atoms with E-state index in [0.717, 1.165) is 17.3 Å². The fourth-order valence-corrected chi connectivity index (χ4v) is 4.37. The van der Waals surface area contributed by atoms with Crippen LogP contribution in [0, 0.1) is 11.3 Å². The number of nitriles is 1.